The molecule has 2 unspecified atom stereocenters. The fraction of sp³-hybridized carbons (Fsp3) is 0.786. The molecule has 2 heterocycles. The van der Waals surface area contributed by atoms with Crippen LogP contribution in [0.5, 0.6) is 0 Å². The Balaban J connectivity index is 1.88. The van der Waals surface area contributed by atoms with Crippen molar-refractivity contribution in [3.05, 3.63) is 16.1 Å². The predicted molar refractivity (Wildman–Crippen MR) is 76.0 cm³/mol. The Morgan fingerprint density at radius 3 is 2.83 bits per heavy atom. The fourth-order valence-electron chi connectivity index (χ4n) is 2.93. The van der Waals surface area contributed by atoms with Crippen LogP contribution in [0, 0.1) is 6.92 Å². The van der Waals surface area contributed by atoms with E-state index in [9.17, 15) is 0 Å². The SMILES string of the molecule is Cc1csc(C2(NC3CC3)CCN(C)C(C)C2)n1. The Bertz CT molecular complexity index is 426. The maximum absolute atomic E-state index is 4.78. The van der Waals surface area contributed by atoms with Gasteiger partial charge in [0.1, 0.15) is 5.01 Å². The van der Waals surface area contributed by atoms with Gasteiger partial charge in [-0.05, 0) is 46.6 Å². The third-order valence-electron chi connectivity index (χ3n) is 4.37. The number of aromatic nitrogens is 1. The van der Waals surface area contributed by atoms with Gasteiger partial charge >= 0.3 is 0 Å². The van der Waals surface area contributed by atoms with Crippen molar-refractivity contribution in [2.45, 2.75) is 57.2 Å². The molecule has 1 saturated heterocycles. The second-order valence-corrected chi connectivity index (χ2v) is 6.94. The van der Waals surface area contributed by atoms with Crippen molar-refractivity contribution in [3.63, 3.8) is 0 Å². The van der Waals surface area contributed by atoms with Crippen LogP contribution < -0.4 is 5.32 Å². The van der Waals surface area contributed by atoms with E-state index in [1.54, 1.807) is 0 Å². The third-order valence-corrected chi connectivity index (χ3v) is 5.54. The number of likely N-dealkylation sites (tertiary alicyclic amines) is 1. The summed E-state index contributed by atoms with van der Waals surface area (Å²) in [5.74, 6) is 0. The van der Waals surface area contributed by atoms with Gasteiger partial charge in [-0.1, -0.05) is 0 Å². The van der Waals surface area contributed by atoms with Gasteiger partial charge in [0.05, 0.1) is 5.54 Å². The Morgan fingerprint density at radius 2 is 2.28 bits per heavy atom. The van der Waals surface area contributed by atoms with E-state index in [4.69, 9.17) is 4.98 Å². The first kappa shape index (κ1) is 12.6. The summed E-state index contributed by atoms with van der Waals surface area (Å²) in [6, 6.07) is 1.37. The molecule has 1 aliphatic carbocycles. The van der Waals surface area contributed by atoms with Gasteiger partial charge in [0.2, 0.25) is 0 Å². The molecule has 1 aliphatic heterocycles. The van der Waals surface area contributed by atoms with Crippen LogP contribution in [0.25, 0.3) is 0 Å². The van der Waals surface area contributed by atoms with Crippen LogP contribution in [-0.2, 0) is 5.54 Å². The molecule has 0 bridgehead atoms. The number of piperidine rings is 1. The maximum Gasteiger partial charge on any atom is 0.113 e. The second-order valence-electron chi connectivity index (χ2n) is 6.08. The minimum atomic E-state index is 0.145. The molecule has 0 aromatic carbocycles. The number of aryl methyl sites for hydroxylation is 1. The van der Waals surface area contributed by atoms with Crippen LogP contribution in [0.2, 0.25) is 0 Å². The van der Waals surface area contributed by atoms with Crippen LogP contribution in [0.15, 0.2) is 5.38 Å². The number of hydrogen-bond acceptors (Lipinski definition) is 4. The molecular weight excluding hydrogens is 242 g/mol. The molecule has 2 aliphatic rings. The number of thiazole rings is 1. The van der Waals surface area contributed by atoms with Crippen molar-refractivity contribution in [3.8, 4) is 0 Å². The predicted octanol–water partition coefficient (Wildman–Crippen LogP) is 2.51. The van der Waals surface area contributed by atoms with Crippen LogP contribution in [-0.4, -0.2) is 35.6 Å². The fourth-order valence-corrected chi connectivity index (χ4v) is 3.93. The van der Waals surface area contributed by atoms with E-state index >= 15 is 0 Å². The summed E-state index contributed by atoms with van der Waals surface area (Å²) in [4.78, 5) is 7.25. The van der Waals surface area contributed by atoms with Gasteiger partial charge in [0.15, 0.2) is 0 Å². The smallest absolute Gasteiger partial charge is 0.113 e. The Morgan fingerprint density at radius 1 is 1.50 bits per heavy atom. The van der Waals surface area contributed by atoms with Crippen molar-refractivity contribution >= 4 is 11.3 Å². The molecular formula is C14H23N3S. The topological polar surface area (TPSA) is 28.2 Å². The van der Waals surface area contributed by atoms with Gasteiger partial charge in [-0.3, -0.25) is 0 Å². The first-order chi connectivity index (χ1) is 8.59. The van der Waals surface area contributed by atoms with Crippen molar-refractivity contribution in [1.29, 1.82) is 0 Å². The van der Waals surface area contributed by atoms with Crippen molar-refractivity contribution in [2.24, 2.45) is 0 Å². The molecule has 1 aromatic rings. The van der Waals surface area contributed by atoms with Crippen molar-refractivity contribution in [1.82, 2.24) is 15.2 Å². The summed E-state index contributed by atoms with van der Waals surface area (Å²) < 4.78 is 0. The van der Waals surface area contributed by atoms with Crippen LogP contribution in [0.4, 0.5) is 0 Å². The van der Waals surface area contributed by atoms with Gasteiger partial charge < -0.3 is 10.2 Å². The lowest BCUT2D eigenvalue weighted by atomic mass is 9.84. The summed E-state index contributed by atoms with van der Waals surface area (Å²) in [7, 11) is 2.23. The molecule has 3 rings (SSSR count). The quantitative estimate of drug-likeness (QED) is 0.910. The molecule has 0 amide bonds. The molecule has 1 N–H and O–H groups in total. The Kier molecular flexibility index (Phi) is 3.20. The maximum atomic E-state index is 4.78. The Labute approximate surface area is 114 Å². The normalized spacial score (nSPS) is 33.8. The highest BCUT2D eigenvalue weighted by atomic mass is 32.1. The minimum Gasteiger partial charge on any atom is -0.304 e. The van der Waals surface area contributed by atoms with E-state index in [1.165, 1.54) is 42.9 Å². The lowest BCUT2D eigenvalue weighted by molar-refractivity contribution is 0.104. The minimum absolute atomic E-state index is 0.145. The molecule has 0 radical (unpaired) electrons. The zero-order valence-corrected chi connectivity index (χ0v) is 12.4. The van der Waals surface area contributed by atoms with Gasteiger partial charge in [0.25, 0.3) is 0 Å². The van der Waals surface area contributed by atoms with Gasteiger partial charge in [-0.2, -0.15) is 0 Å². The summed E-state index contributed by atoms with van der Waals surface area (Å²) in [5.41, 5.74) is 1.31. The van der Waals surface area contributed by atoms with E-state index in [2.05, 4.69) is 36.5 Å². The standard InChI is InChI=1S/C14H23N3S/c1-10-9-18-13(15-10)14(16-12-4-5-12)6-7-17(3)11(2)8-14/h9,11-12,16H,4-8H2,1-3H3. The molecule has 1 aromatic heterocycles. The molecule has 2 fully saturated rings. The van der Waals surface area contributed by atoms with Gasteiger partial charge in [-0.25, -0.2) is 4.98 Å². The molecule has 3 nitrogen and oxygen atoms in total. The number of hydrogen-bond donors (Lipinski definition) is 1. The van der Waals surface area contributed by atoms with E-state index in [0.29, 0.717) is 6.04 Å². The monoisotopic (exact) mass is 265 g/mol. The average molecular weight is 265 g/mol. The molecule has 4 heteroatoms. The highest BCUT2D eigenvalue weighted by Gasteiger charge is 2.43. The van der Waals surface area contributed by atoms with Gasteiger partial charge in [0, 0.05) is 29.7 Å². The first-order valence-electron chi connectivity index (χ1n) is 7.00. The zero-order chi connectivity index (χ0) is 12.8. The van der Waals surface area contributed by atoms with E-state index in [0.717, 1.165) is 6.04 Å². The molecule has 18 heavy (non-hydrogen) atoms. The second kappa shape index (κ2) is 4.58. The van der Waals surface area contributed by atoms with E-state index in [-0.39, 0.29) is 5.54 Å². The van der Waals surface area contributed by atoms with Crippen LogP contribution in [0.3, 0.4) is 0 Å². The lowest BCUT2D eigenvalue weighted by Crippen LogP contribution is -2.54. The van der Waals surface area contributed by atoms with Crippen molar-refractivity contribution in [2.75, 3.05) is 13.6 Å². The van der Waals surface area contributed by atoms with E-state index < -0.39 is 0 Å². The number of nitrogens with zero attached hydrogens (tertiary/aromatic N) is 2. The highest BCUT2D eigenvalue weighted by molar-refractivity contribution is 7.09. The highest BCUT2D eigenvalue weighted by Crippen LogP contribution is 2.39. The zero-order valence-electron chi connectivity index (χ0n) is 11.6. The molecule has 1 saturated carbocycles. The number of rotatable bonds is 3. The average Bonchev–Trinajstić information content (AvgIpc) is 3.03. The van der Waals surface area contributed by atoms with Crippen LogP contribution in [0.1, 0.15) is 43.3 Å². The van der Waals surface area contributed by atoms with E-state index in [1.807, 2.05) is 11.3 Å². The summed E-state index contributed by atoms with van der Waals surface area (Å²) in [6.45, 7) is 5.60. The third kappa shape index (κ3) is 2.33. The summed E-state index contributed by atoms with van der Waals surface area (Å²) in [6.07, 6.45) is 5.07. The lowest BCUT2D eigenvalue weighted by Gasteiger charge is -2.44. The molecule has 100 valence electrons. The van der Waals surface area contributed by atoms with Crippen molar-refractivity contribution < 1.29 is 0 Å². The molecule has 2 atom stereocenters. The summed E-state index contributed by atoms with van der Waals surface area (Å²) in [5, 5.41) is 7.41. The summed E-state index contributed by atoms with van der Waals surface area (Å²) >= 11 is 1.84. The largest absolute Gasteiger partial charge is 0.304 e. The Hall–Kier alpha value is -0.450. The van der Waals surface area contributed by atoms with Gasteiger partial charge in [-0.15, -0.1) is 11.3 Å². The number of nitrogens with one attached hydrogen (secondary N) is 1. The van der Waals surface area contributed by atoms with Crippen LogP contribution >= 0.6 is 11.3 Å². The molecule has 0 spiro atoms. The first-order valence-corrected chi connectivity index (χ1v) is 7.87.